The summed E-state index contributed by atoms with van der Waals surface area (Å²) in [6.45, 7) is 1.48. The summed E-state index contributed by atoms with van der Waals surface area (Å²) in [6, 6.07) is 14.1. The van der Waals surface area contributed by atoms with Crippen LogP contribution < -0.4 is 5.32 Å². The van der Waals surface area contributed by atoms with Crippen molar-refractivity contribution in [2.75, 3.05) is 5.32 Å². The largest absolute Gasteiger partial charge is 0.449 e. The van der Waals surface area contributed by atoms with E-state index in [2.05, 4.69) is 10.3 Å². The number of rotatable bonds is 5. The number of pyridine rings is 1. The summed E-state index contributed by atoms with van der Waals surface area (Å²) in [7, 11) is 0. The minimum atomic E-state index is -1.01. The summed E-state index contributed by atoms with van der Waals surface area (Å²) in [6.07, 6.45) is 3.56. The molecule has 7 heteroatoms. The standard InChI is InChI=1S/C21H16Cl2N2O3/c1-13(21(27)25-18-9-8-16(22)12-17(18)23)28-19(26)10-7-15-5-2-4-14-6-3-11-24-20(14)15/h2-13H,1H3,(H,25,27)/b10-7+. The molecule has 0 aliphatic carbocycles. The Morgan fingerprint density at radius 1 is 1.14 bits per heavy atom. The average molecular weight is 415 g/mol. The molecule has 0 spiro atoms. The van der Waals surface area contributed by atoms with E-state index in [4.69, 9.17) is 27.9 Å². The Kier molecular flexibility index (Phi) is 6.29. The highest BCUT2D eigenvalue weighted by atomic mass is 35.5. The Balaban J connectivity index is 1.63. The molecule has 1 N–H and O–H groups in total. The topological polar surface area (TPSA) is 68.3 Å². The van der Waals surface area contributed by atoms with E-state index >= 15 is 0 Å². The van der Waals surface area contributed by atoms with Crippen LogP contribution in [-0.2, 0) is 14.3 Å². The van der Waals surface area contributed by atoms with Crippen molar-refractivity contribution in [3.63, 3.8) is 0 Å². The lowest BCUT2D eigenvalue weighted by Crippen LogP contribution is -2.29. The number of benzene rings is 2. The molecule has 1 amide bonds. The third-order valence-electron chi connectivity index (χ3n) is 3.91. The number of carbonyl (C=O) groups excluding carboxylic acids is 2. The van der Waals surface area contributed by atoms with E-state index in [0.29, 0.717) is 15.7 Å². The van der Waals surface area contributed by atoms with Crippen LogP contribution in [0.2, 0.25) is 10.0 Å². The third kappa shape index (κ3) is 4.88. The highest BCUT2D eigenvalue weighted by Gasteiger charge is 2.17. The van der Waals surface area contributed by atoms with Gasteiger partial charge in [0, 0.05) is 28.2 Å². The zero-order chi connectivity index (χ0) is 20.1. The van der Waals surface area contributed by atoms with E-state index in [1.807, 2.05) is 30.3 Å². The summed E-state index contributed by atoms with van der Waals surface area (Å²) < 4.78 is 5.15. The molecule has 5 nitrogen and oxygen atoms in total. The molecule has 0 fully saturated rings. The summed E-state index contributed by atoms with van der Waals surface area (Å²) in [4.78, 5) is 28.6. The maximum absolute atomic E-state index is 12.2. The number of para-hydroxylation sites is 1. The monoisotopic (exact) mass is 414 g/mol. The van der Waals surface area contributed by atoms with E-state index in [9.17, 15) is 9.59 Å². The number of amides is 1. The van der Waals surface area contributed by atoms with Crippen molar-refractivity contribution in [3.05, 3.63) is 76.4 Å². The Labute approximate surface area is 171 Å². The molecule has 1 unspecified atom stereocenters. The number of carbonyl (C=O) groups is 2. The van der Waals surface area contributed by atoms with Gasteiger partial charge in [-0.25, -0.2) is 4.79 Å². The Bertz CT molecular complexity index is 1060. The van der Waals surface area contributed by atoms with Gasteiger partial charge in [0.2, 0.25) is 0 Å². The number of hydrogen-bond acceptors (Lipinski definition) is 4. The first-order chi connectivity index (χ1) is 13.4. The van der Waals surface area contributed by atoms with Crippen LogP contribution >= 0.6 is 23.2 Å². The molecule has 0 saturated carbocycles. The molecule has 1 atom stereocenters. The first-order valence-corrected chi connectivity index (χ1v) is 9.18. The second kappa shape index (κ2) is 8.87. The van der Waals surface area contributed by atoms with E-state index in [0.717, 1.165) is 16.5 Å². The van der Waals surface area contributed by atoms with Crippen molar-refractivity contribution in [2.24, 2.45) is 0 Å². The van der Waals surface area contributed by atoms with E-state index in [-0.39, 0.29) is 0 Å². The zero-order valence-corrected chi connectivity index (χ0v) is 16.4. The molecule has 3 rings (SSSR count). The predicted octanol–water partition coefficient (Wildman–Crippen LogP) is 5.13. The lowest BCUT2D eigenvalue weighted by atomic mass is 10.1. The van der Waals surface area contributed by atoms with Gasteiger partial charge in [0.1, 0.15) is 0 Å². The Hall–Kier alpha value is -2.89. The Morgan fingerprint density at radius 3 is 2.71 bits per heavy atom. The molecule has 0 radical (unpaired) electrons. The van der Waals surface area contributed by atoms with Crippen LogP contribution in [-0.4, -0.2) is 23.0 Å². The molecule has 0 bridgehead atoms. The van der Waals surface area contributed by atoms with Gasteiger partial charge in [0.25, 0.3) is 5.91 Å². The smallest absolute Gasteiger partial charge is 0.331 e. The predicted molar refractivity (Wildman–Crippen MR) is 111 cm³/mol. The normalized spacial score (nSPS) is 12.1. The maximum atomic E-state index is 12.2. The molecule has 0 aliphatic rings. The highest BCUT2D eigenvalue weighted by molar-refractivity contribution is 6.36. The molecule has 0 saturated heterocycles. The van der Waals surface area contributed by atoms with Crippen molar-refractivity contribution >= 4 is 57.7 Å². The van der Waals surface area contributed by atoms with Crippen molar-refractivity contribution in [3.8, 4) is 0 Å². The number of esters is 1. The zero-order valence-electron chi connectivity index (χ0n) is 14.9. The second-order valence-corrected chi connectivity index (χ2v) is 6.79. The van der Waals surface area contributed by atoms with Gasteiger partial charge in [-0.05, 0) is 37.3 Å². The van der Waals surface area contributed by atoms with Gasteiger partial charge < -0.3 is 10.1 Å². The fourth-order valence-corrected chi connectivity index (χ4v) is 2.97. The first-order valence-electron chi connectivity index (χ1n) is 8.42. The lowest BCUT2D eigenvalue weighted by molar-refractivity contribution is -0.148. The molecule has 1 aromatic heterocycles. The summed E-state index contributed by atoms with van der Waals surface area (Å²) in [5.74, 6) is -1.14. The number of halogens is 2. The van der Waals surface area contributed by atoms with Gasteiger partial charge in [-0.3, -0.25) is 9.78 Å². The van der Waals surface area contributed by atoms with Crippen molar-refractivity contribution in [2.45, 2.75) is 13.0 Å². The molecular formula is C21H16Cl2N2O3. The number of fused-ring (bicyclic) bond motifs is 1. The molecule has 0 aliphatic heterocycles. The van der Waals surface area contributed by atoms with Gasteiger partial charge in [-0.1, -0.05) is 47.5 Å². The fourth-order valence-electron chi connectivity index (χ4n) is 2.51. The van der Waals surface area contributed by atoms with Crippen molar-refractivity contribution < 1.29 is 14.3 Å². The summed E-state index contributed by atoms with van der Waals surface area (Å²) in [5, 5.41) is 4.31. The number of nitrogens with zero attached hydrogens (tertiary/aromatic N) is 1. The SMILES string of the molecule is CC(OC(=O)/C=C/c1cccc2cccnc12)C(=O)Nc1ccc(Cl)cc1Cl. The maximum Gasteiger partial charge on any atom is 0.331 e. The first kappa shape index (κ1) is 19.9. The second-order valence-electron chi connectivity index (χ2n) is 5.95. The van der Waals surface area contributed by atoms with E-state index in [1.54, 1.807) is 24.4 Å². The number of hydrogen-bond donors (Lipinski definition) is 1. The number of aromatic nitrogens is 1. The van der Waals surface area contributed by atoms with E-state index < -0.39 is 18.0 Å². The van der Waals surface area contributed by atoms with Crippen LogP contribution in [0.25, 0.3) is 17.0 Å². The highest BCUT2D eigenvalue weighted by Crippen LogP contribution is 2.25. The third-order valence-corrected chi connectivity index (χ3v) is 4.46. The number of anilines is 1. The van der Waals surface area contributed by atoms with Crippen LogP contribution in [0.5, 0.6) is 0 Å². The average Bonchev–Trinajstić information content (AvgIpc) is 2.68. The number of nitrogens with one attached hydrogen (secondary N) is 1. The quantitative estimate of drug-likeness (QED) is 0.464. The van der Waals surface area contributed by atoms with Gasteiger partial charge in [0.15, 0.2) is 6.10 Å². The summed E-state index contributed by atoms with van der Waals surface area (Å²) in [5.41, 5.74) is 1.94. The van der Waals surface area contributed by atoms with Crippen LogP contribution in [0.4, 0.5) is 5.69 Å². The Morgan fingerprint density at radius 2 is 1.93 bits per heavy atom. The fraction of sp³-hybridized carbons (Fsp3) is 0.0952. The van der Waals surface area contributed by atoms with E-state index in [1.165, 1.54) is 19.1 Å². The van der Waals surface area contributed by atoms with Crippen molar-refractivity contribution in [1.29, 1.82) is 0 Å². The minimum Gasteiger partial charge on any atom is -0.449 e. The molecule has 3 aromatic rings. The van der Waals surface area contributed by atoms with Crippen LogP contribution in [0.1, 0.15) is 12.5 Å². The van der Waals surface area contributed by atoms with Gasteiger partial charge in [0.05, 0.1) is 16.2 Å². The van der Waals surface area contributed by atoms with Crippen LogP contribution in [0.3, 0.4) is 0 Å². The number of ether oxygens (including phenoxy) is 1. The van der Waals surface area contributed by atoms with Crippen LogP contribution in [0, 0.1) is 0 Å². The molecule has 142 valence electrons. The van der Waals surface area contributed by atoms with Gasteiger partial charge in [-0.15, -0.1) is 0 Å². The molecule has 1 heterocycles. The molecule has 28 heavy (non-hydrogen) atoms. The minimum absolute atomic E-state index is 0.294. The van der Waals surface area contributed by atoms with Crippen LogP contribution in [0.15, 0.2) is 60.8 Å². The molecule has 2 aromatic carbocycles. The summed E-state index contributed by atoms with van der Waals surface area (Å²) >= 11 is 11.9. The van der Waals surface area contributed by atoms with Gasteiger partial charge >= 0.3 is 5.97 Å². The lowest BCUT2D eigenvalue weighted by Gasteiger charge is -2.13. The molecular weight excluding hydrogens is 399 g/mol. The van der Waals surface area contributed by atoms with Gasteiger partial charge in [-0.2, -0.15) is 0 Å². The van der Waals surface area contributed by atoms with Crippen molar-refractivity contribution in [1.82, 2.24) is 4.98 Å².